The number of fused-ring (bicyclic) bond motifs is 2. The van der Waals surface area contributed by atoms with Crippen molar-refractivity contribution in [3.63, 3.8) is 0 Å². The molecule has 2 amide bonds. The molecule has 3 aliphatic heterocycles. The van der Waals surface area contributed by atoms with Crippen LogP contribution in [0.5, 0.6) is 0 Å². The van der Waals surface area contributed by atoms with Gasteiger partial charge < -0.3 is 5.32 Å². The fraction of sp³-hybridized carbons (Fsp3) is 0.857. The summed E-state index contributed by atoms with van der Waals surface area (Å²) in [5, 5.41) is 3.56. The van der Waals surface area contributed by atoms with E-state index in [9.17, 15) is 9.59 Å². The maximum absolute atomic E-state index is 12.2. The standard InChI is InChI=1S/C14H22N2O2/c1-14(2)7-12(17)16(13(18)8-14)11-5-9-3-4-10(6-11)15-9/h9-11,15H,3-8H2,1-2H3. The van der Waals surface area contributed by atoms with Gasteiger partial charge in [0.1, 0.15) is 0 Å². The van der Waals surface area contributed by atoms with Gasteiger partial charge in [-0.05, 0) is 31.1 Å². The Labute approximate surface area is 108 Å². The minimum absolute atomic E-state index is 0.0440. The number of likely N-dealkylation sites (tertiary alicyclic amines) is 1. The van der Waals surface area contributed by atoms with Crippen molar-refractivity contribution >= 4 is 11.8 Å². The van der Waals surface area contributed by atoms with E-state index in [0.29, 0.717) is 24.9 Å². The van der Waals surface area contributed by atoms with Crippen molar-refractivity contribution in [2.24, 2.45) is 5.41 Å². The Bertz CT molecular complexity index is 359. The molecule has 0 aromatic carbocycles. The summed E-state index contributed by atoms with van der Waals surface area (Å²) in [6, 6.07) is 1.19. The summed E-state index contributed by atoms with van der Waals surface area (Å²) in [5.41, 5.74) is -0.156. The molecule has 0 spiro atoms. The van der Waals surface area contributed by atoms with E-state index in [-0.39, 0.29) is 23.3 Å². The molecule has 3 aliphatic rings. The van der Waals surface area contributed by atoms with Crippen molar-refractivity contribution in [2.75, 3.05) is 0 Å². The Balaban J connectivity index is 1.76. The Kier molecular flexibility index (Phi) is 2.73. The lowest BCUT2D eigenvalue weighted by Crippen LogP contribution is -2.55. The van der Waals surface area contributed by atoms with Crippen LogP contribution in [0, 0.1) is 5.41 Å². The molecule has 2 bridgehead atoms. The minimum atomic E-state index is -0.156. The number of nitrogens with one attached hydrogen (secondary N) is 1. The molecule has 3 saturated heterocycles. The largest absolute Gasteiger partial charge is 0.311 e. The van der Waals surface area contributed by atoms with Gasteiger partial charge >= 0.3 is 0 Å². The van der Waals surface area contributed by atoms with Gasteiger partial charge in [0.2, 0.25) is 11.8 Å². The topological polar surface area (TPSA) is 49.4 Å². The van der Waals surface area contributed by atoms with E-state index in [1.54, 1.807) is 4.90 Å². The first-order valence-corrected chi connectivity index (χ1v) is 7.05. The van der Waals surface area contributed by atoms with Crippen LogP contribution in [0.15, 0.2) is 0 Å². The molecule has 0 saturated carbocycles. The molecule has 2 unspecified atom stereocenters. The second-order valence-corrected chi connectivity index (χ2v) is 6.94. The van der Waals surface area contributed by atoms with E-state index >= 15 is 0 Å². The zero-order valence-electron chi connectivity index (χ0n) is 11.2. The molecule has 18 heavy (non-hydrogen) atoms. The van der Waals surface area contributed by atoms with Crippen LogP contribution in [-0.4, -0.2) is 34.8 Å². The lowest BCUT2D eigenvalue weighted by Gasteiger charge is -2.42. The van der Waals surface area contributed by atoms with Crippen molar-refractivity contribution in [3.8, 4) is 0 Å². The molecule has 0 aromatic rings. The molecule has 4 heteroatoms. The predicted molar refractivity (Wildman–Crippen MR) is 67.8 cm³/mol. The molecule has 0 aliphatic carbocycles. The SMILES string of the molecule is CC1(C)CC(=O)N(C2CC3CCC(C2)N3)C(=O)C1. The summed E-state index contributed by atoms with van der Waals surface area (Å²) >= 11 is 0. The first-order valence-electron chi connectivity index (χ1n) is 7.05. The highest BCUT2D eigenvalue weighted by molar-refractivity contribution is 5.98. The number of rotatable bonds is 1. The normalized spacial score (nSPS) is 39.2. The highest BCUT2D eigenvalue weighted by atomic mass is 16.2. The predicted octanol–water partition coefficient (Wildman–Crippen LogP) is 1.44. The molecule has 1 N–H and O–H groups in total. The van der Waals surface area contributed by atoms with Crippen LogP contribution in [0.25, 0.3) is 0 Å². The van der Waals surface area contributed by atoms with Crippen molar-refractivity contribution in [3.05, 3.63) is 0 Å². The number of carbonyl (C=O) groups is 2. The zero-order chi connectivity index (χ0) is 12.9. The minimum Gasteiger partial charge on any atom is -0.311 e. The summed E-state index contributed by atoms with van der Waals surface area (Å²) in [7, 11) is 0. The molecule has 2 atom stereocenters. The second kappa shape index (κ2) is 4.05. The summed E-state index contributed by atoms with van der Waals surface area (Å²) in [6.45, 7) is 4.01. The second-order valence-electron chi connectivity index (χ2n) is 6.94. The van der Waals surface area contributed by atoms with Crippen LogP contribution in [-0.2, 0) is 9.59 Å². The van der Waals surface area contributed by atoms with E-state index in [2.05, 4.69) is 5.32 Å². The summed E-state index contributed by atoms with van der Waals surface area (Å²) < 4.78 is 0. The van der Waals surface area contributed by atoms with Crippen molar-refractivity contribution < 1.29 is 9.59 Å². The maximum atomic E-state index is 12.2. The van der Waals surface area contributed by atoms with Crippen LogP contribution in [0.1, 0.15) is 52.4 Å². The van der Waals surface area contributed by atoms with E-state index in [4.69, 9.17) is 0 Å². The number of nitrogens with zero attached hydrogens (tertiary/aromatic N) is 1. The molecule has 3 fully saturated rings. The maximum Gasteiger partial charge on any atom is 0.229 e. The lowest BCUT2D eigenvalue weighted by atomic mass is 9.80. The van der Waals surface area contributed by atoms with Crippen LogP contribution in [0.3, 0.4) is 0 Å². The van der Waals surface area contributed by atoms with Gasteiger partial charge in [0.05, 0.1) is 0 Å². The number of hydrogen-bond donors (Lipinski definition) is 1. The Hall–Kier alpha value is -0.900. The highest BCUT2D eigenvalue weighted by Gasteiger charge is 2.44. The van der Waals surface area contributed by atoms with E-state index in [1.165, 1.54) is 12.8 Å². The molecular weight excluding hydrogens is 228 g/mol. The third-order valence-corrected chi connectivity index (χ3v) is 4.61. The van der Waals surface area contributed by atoms with Gasteiger partial charge in [-0.25, -0.2) is 0 Å². The average molecular weight is 250 g/mol. The van der Waals surface area contributed by atoms with Crippen LogP contribution >= 0.6 is 0 Å². The van der Waals surface area contributed by atoms with Gasteiger partial charge in [0, 0.05) is 31.0 Å². The Morgan fingerprint density at radius 3 is 2.06 bits per heavy atom. The smallest absolute Gasteiger partial charge is 0.229 e. The van der Waals surface area contributed by atoms with Gasteiger partial charge in [-0.3, -0.25) is 14.5 Å². The first-order chi connectivity index (χ1) is 8.44. The molecular formula is C14H22N2O2. The fourth-order valence-electron chi connectivity index (χ4n) is 3.84. The van der Waals surface area contributed by atoms with Crippen molar-refractivity contribution in [1.82, 2.24) is 10.2 Å². The Morgan fingerprint density at radius 2 is 1.56 bits per heavy atom. The highest BCUT2D eigenvalue weighted by Crippen LogP contribution is 2.36. The third-order valence-electron chi connectivity index (χ3n) is 4.61. The van der Waals surface area contributed by atoms with Gasteiger partial charge in [-0.15, -0.1) is 0 Å². The number of amides is 2. The van der Waals surface area contributed by atoms with Crippen LogP contribution < -0.4 is 5.32 Å². The van der Waals surface area contributed by atoms with Gasteiger partial charge in [-0.2, -0.15) is 0 Å². The quantitative estimate of drug-likeness (QED) is 0.717. The monoisotopic (exact) mass is 250 g/mol. The summed E-state index contributed by atoms with van der Waals surface area (Å²) in [4.78, 5) is 26.1. The summed E-state index contributed by atoms with van der Waals surface area (Å²) in [5.74, 6) is 0.0881. The van der Waals surface area contributed by atoms with Gasteiger partial charge in [0.15, 0.2) is 0 Å². The number of hydrogen-bond acceptors (Lipinski definition) is 3. The lowest BCUT2D eigenvalue weighted by molar-refractivity contribution is -0.156. The number of carbonyl (C=O) groups excluding carboxylic acids is 2. The molecule has 100 valence electrons. The molecule has 0 aromatic heterocycles. The van der Waals surface area contributed by atoms with E-state index < -0.39 is 0 Å². The molecule has 4 nitrogen and oxygen atoms in total. The summed E-state index contributed by atoms with van der Waals surface area (Å²) in [6.07, 6.45) is 5.32. The average Bonchev–Trinajstić information content (AvgIpc) is 2.55. The van der Waals surface area contributed by atoms with Crippen molar-refractivity contribution in [1.29, 1.82) is 0 Å². The number of imide groups is 1. The van der Waals surface area contributed by atoms with Crippen molar-refractivity contribution in [2.45, 2.75) is 70.5 Å². The van der Waals surface area contributed by atoms with Crippen LogP contribution in [0.4, 0.5) is 0 Å². The molecule has 0 radical (unpaired) electrons. The third kappa shape index (κ3) is 2.07. The fourth-order valence-corrected chi connectivity index (χ4v) is 3.84. The van der Waals surface area contributed by atoms with Crippen LogP contribution in [0.2, 0.25) is 0 Å². The van der Waals surface area contributed by atoms with Gasteiger partial charge in [0.25, 0.3) is 0 Å². The Morgan fingerprint density at radius 1 is 1.06 bits per heavy atom. The molecule has 3 heterocycles. The first kappa shape index (κ1) is 12.2. The van der Waals surface area contributed by atoms with Gasteiger partial charge in [-0.1, -0.05) is 13.8 Å². The van der Waals surface area contributed by atoms with E-state index in [0.717, 1.165) is 12.8 Å². The number of piperidine rings is 2. The molecule has 3 rings (SSSR count). The van der Waals surface area contributed by atoms with E-state index in [1.807, 2.05) is 13.8 Å². The zero-order valence-corrected chi connectivity index (χ0v) is 11.2.